The van der Waals surface area contributed by atoms with E-state index >= 15 is 0 Å². The second-order valence-electron chi connectivity index (χ2n) is 4.78. The summed E-state index contributed by atoms with van der Waals surface area (Å²) >= 11 is 6.15. The Morgan fingerprint density at radius 3 is 2.55 bits per heavy atom. The number of benzene rings is 1. The summed E-state index contributed by atoms with van der Waals surface area (Å²) in [4.78, 5) is 8.75. The Morgan fingerprint density at radius 2 is 1.90 bits per heavy atom. The van der Waals surface area contributed by atoms with Gasteiger partial charge in [-0.15, -0.1) is 0 Å². The molecule has 0 aliphatic carbocycles. The van der Waals surface area contributed by atoms with E-state index in [1.807, 2.05) is 44.2 Å². The van der Waals surface area contributed by atoms with Gasteiger partial charge in [-0.05, 0) is 25.8 Å². The van der Waals surface area contributed by atoms with Crippen molar-refractivity contribution in [3.8, 4) is 5.88 Å². The maximum absolute atomic E-state index is 6.15. The molecule has 0 amide bonds. The molecule has 0 N–H and O–H groups in total. The summed E-state index contributed by atoms with van der Waals surface area (Å²) in [5, 5.41) is 0.471. The Balaban J connectivity index is 2.24. The zero-order valence-corrected chi connectivity index (χ0v) is 12.8. The van der Waals surface area contributed by atoms with Crippen LogP contribution in [0.3, 0.4) is 0 Å². The normalized spacial score (nSPS) is 12.2. The number of hydrogen-bond acceptors (Lipinski definition) is 3. The van der Waals surface area contributed by atoms with Crippen LogP contribution in [0, 0.1) is 6.92 Å². The summed E-state index contributed by atoms with van der Waals surface area (Å²) in [5.41, 5.74) is 1.90. The molecule has 0 saturated heterocycles. The molecular formula is C16H19ClN2O. The molecule has 1 atom stereocenters. The van der Waals surface area contributed by atoms with Gasteiger partial charge in [0.2, 0.25) is 5.88 Å². The van der Waals surface area contributed by atoms with Crippen molar-refractivity contribution in [2.45, 2.75) is 39.7 Å². The first kappa shape index (κ1) is 14.8. The van der Waals surface area contributed by atoms with Crippen molar-refractivity contribution in [2.75, 3.05) is 0 Å². The van der Waals surface area contributed by atoms with Gasteiger partial charge in [0.1, 0.15) is 17.1 Å². The zero-order valence-electron chi connectivity index (χ0n) is 12.1. The fourth-order valence-electron chi connectivity index (χ4n) is 1.92. The van der Waals surface area contributed by atoms with Crippen LogP contribution in [0.5, 0.6) is 5.88 Å². The van der Waals surface area contributed by atoms with Crippen LogP contribution in [0.1, 0.15) is 43.3 Å². The van der Waals surface area contributed by atoms with Gasteiger partial charge in [-0.2, -0.15) is 4.98 Å². The van der Waals surface area contributed by atoms with Crippen LogP contribution in [0.2, 0.25) is 5.15 Å². The third-order valence-corrected chi connectivity index (χ3v) is 3.49. The van der Waals surface area contributed by atoms with Crippen molar-refractivity contribution in [3.05, 3.63) is 52.4 Å². The molecule has 106 valence electrons. The van der Waals surface area contributed by atoms with Crippen LogP contribution >= 0.6 is 11.6 Å². The molecule has 1 aromatic heterocycles. The molecule has 0 spiro atoms. The highest BCUT2D eigenvalue weighted by molar-refractivity contribution is 6.30. The summed E-state index contributed by atoms with van der Waals surface area (Å²) in [7, 11) is 0. The summed E-state index contributed by atoms with van der Waals surface area (Å²) < 4.78 is 5.96. The molecule has 3 nitrogen and oxygen atoms in total. The highest BCUT2D eigenvalue weighted by atomic mass is 35.5. The van der Waals surface area contributed by atoms with E-state index in [1.54, 1.807) is 0 Å². The summed E-state index contributed by atoms with van der Waals surface area (Å²) in [6.07, 6.45) is 1.71. The molecule has 0 aliphatic heterocycles. The molecule has 0 saturated carbocycles. The van der Waals surface area contributed by atoms with Gasteiger partial charge in [-0.25, -0.2) is 4.98 Å². The van der Waals surface area contributed by atoms with Crippen molar-refractivity contribution in [1.29, 1.82) is 0 Å². The van der Waals surface area contributed by atoms with Crippen LogP contribution in [0.4, 0.5) is 0 Å². The minimum atomic E-state index is -0.0738. The lowest BCUT2D eigenvalue weighted by molar-refractivity contribution is 0.214. The number of hydrogen-bond donors (Lipinski definition) is 0. The van der Waals surface area contributed by atoms with Gasteiger partial charge in [0, 0.05) is 12.0 Å². The van der Waals surface area contributed by atoms with Crippen LogP contribution in [0.15, 0.2) is 30.3 Å². The summed E-state index contributed by atoms with van der Waals surface area (Å²) in [6, 6.07) is 10.1. The minimum absolute atomic E-state index is 0.0738. The van der Waals surface area contributed by atoms with E-state index in [9.17, 15) is 0 Å². The maximum Gasteiger partial charge on any atom is 0.221 e. The average Bonchev–Trinajstić information content (AvgIpc) is 2.45. The van der Waals surface area contributed by atoms with Crippen molar-refractivity contribution in [1.82, 2.24) is 9.97 Å². The smallest absolute Gasteiger partial charge is 0.221 e. The first-order valence-electron chi connectivity index (χ1n) is 6.86. The van der Waals surface area contributed by atoms with Crippen LogP contribution < -0.4 is 4.74 Å². The van der Waals surface area contributed by atoms with Crippen molar-refractivity contribution in [3.63, 3.8) is 0 Å². The predicted octanol–water partition coefficient (Wildman–Crippen LogP) is 4.53. The molecular weight excluding hydrogens is 272 g/mol. The third-order valence-electron chi connectivity index (χ3n) is 3.12. The van der Waals surface area contributed by atoms with Gasteiger partial charge in [-0.3, -0.25) is 0 Å². The maximum atomic E-state index is 6.15. The lowest BCUT2D eigenvalue weighted by Gasteiger charge is -2.16. The topological polar surface area (TPSA) is 35.0 Å². The van der Waals surface area contributed by atoms with Crippen LogP contribution in [-0.4, -0.2) is 9.97 Å². The summed E-state index contributed by atoms with van der Waals surface area (Å²) in [6.45, 7) is 5.97. The van der Waals surface area contributed by atoms with Gasteiger partial charge in [0.05, 0.1) is 0 Å². The van der Waals surface area contributed by atoms with E-state index in [1.165, 1.54) is 0 Å². The van der Waals surface area contributed by atoms with Crippen molar-refractivity contribution >= 4 is 11.6 Å². The standard InChI is InChI=1S/C16H19ClN2O/c1-4-8-14-18-15(17)11(2)16(19-14)20-12(3)13-9-6-5-7-10-13/h5-7,9-10,12H,4,8H2,1-3H3. The van der Waals surface area contributed by atoms with Crippen molar-refractivity contribution < 1.29 is 4.74 Å². The predicted molar refractivity (Wildman–Crippen MR) is 81.3 cm³/mol. The number of ether oxygens (including phenoxy) is 1. The Labute approximate surface area is 125 Å². The van der Waals surface area contributed by atoms with Crippen molar-refractivity contribution in [2.24, 2.45) is 0 Å². The minimum Gasteiger partial charge on any atom is -0.469 e. The van der Waals surface area contributed by atoms with Gasteiger partial charge < -0.3 is 4.74 Å². The number of halogens is 1. The fourth-order valence-corrected chi connectivity index (χ4v) is 2.10. The van der Waals surface area contributed by atoms with E-state index in [-0.39, 0.29) is 6.10 Å². The van der Waals surface area contributed by atoms with Gasteiger partial charge in [0.25, 0.3) is 0 Å². The van der Waals surface area contributed by atoms with E-state index in [2.05, 4.69) is 16.9 Å². The Bertz CT molecular complexity index is 572. The second kappa shape index (κ2) is 6.71. The molecule has 1 unspecified atom stereocenters. The molecule has 1 heterocycles. The molecule has 0 fully saturated rings. The van der Waals surface area contributed by atoms with E-state index in [4.69, 9.17) is 16.3 Å². The molecule has 1 aromatic carbocycles. The molecule has 2 rings (SSSR count). The molecule has 4 heteroatoms. The molecule has 20 heavy (non-hydrogen) atoms. The van der Waals surface area contributed by atoms with Gasteiger partial charge in [-0.1, -0.05) is 48.9 Å². The van der Waals surface area contributed by atoms with E-state index in [0.717, 1.165) is 29.8 Å². The highest BCUT2D eigenvalue weighted by Gasteiger charge is 2.14. The van der Waals surface area contributed by atoms with Crippen LogP contribution in [-0.2, 0) is 6.42 Å². The zero-order chi connectivity index (χ0) is 14.5. The Hall–Kier alpha value is -1.61. The van der Waals surface area contributed by atoms with Gasteiger partial charge >= 0.3 is 0 Å². The monoisotopic (exact) mass is 290 g/mol. The fraction of sp³-hybridized carbons (Fsp3) is 0.375. The molecule has 0 bridgehead atoms. The average molecular weight is 291 g/mol. The number of aromatic nitrogens is 2. The highest BCUT2D eigenvalue weighted by Crippen LogP contribution is 2.27. The Kier molecular flexibility index (Phi) is 4.96. The first-order chi connectivity index (χ1) is 9.61. The van der Waals surface area contributed by atoms with Crippen LogP contribution in [0.25, 0.3) is 0 Å². The van der Waals surface area contributed by atoms with E-state index in [0.29, 0.717) is 11.0 Å². The number of rotatable bonds is 5. The third kappa shape index (κ3) is 3.48. The molecule has 2 aromatic rings. The Morgan fingerprint density at radius 1 is 1.20 bits per heavy atom. The quantitative estimate of drug-likeness (QED) is 0.759. The molecule has 0 aliphatic rings. The summed E-state index contributed by atoms with van der Waals surface area (Å²) in [5.74, 6) is 1.31. The first-order valence-corrected chi connectivity index (χ1v) is 7.24. The lowest BCUT2D eigenvalue weighted by Crippen LogP contribution is -2.08. The van der Waals surface area contributed by atoms with E-state index < -0.39 is 0 Å². The lowest BCUT2D eigenvalue weighted by atomic mass is 10.1. The number of nitrogens with zero attached hydrogens (tertiary/aromatic N) is 2. The second-order valence-corrected chi connectivity index (χ2v) is 5.14. The van der Waals surface area contributed by atoms with Gasteiger partial charge in [0.15, 0.2) is 0 Å². The molecule has 0 radical (unpaired) electrons. The largest absolute Gasteiger partial charge is 0.469 e. The number of aryl methyl sites for hydroxylation is 1. The SMILES string of the molecule is CCCc1nc(Cl)c(C)c(OC(C)c2ccccc2)n1.